The molecule has 0 aromatic carbocycles. The Morgan fingerprint density at radius 1 is 0.255 bits per heavy atom. The monoisotopic (exact) mass is 890 g/mol. The van der Waals surface area contributed by atoms with Gasteiger partial charge in [-0.3, -0.25) is 0 Å². The van der Waals surface area contributed by atoms with E-state index in [2.05, 4.69) is 0 Å². The van der Waals surface area contributed by atoms with Gasteiger partial charge in [0, 0.05) is 0 Å². The van der Waals surface area contributed by atoms with Crippen molar-refractivity contribution in [3.8, 4) is 0 Å². The van der Waals surface area contributed by atoms with Crippen molar-refractivity contribution < 1.29 is 171 Å². The maximum atomic E-state index is 12.8. The summed E-state index contributed by atoms with van der Waals surface area (Å²) >= 11 is 0. The van der Waals surface area contributed by atoms with Gasteiger partial charge in [-0.25, -0.2) is 0 Å². The molecule has 0 amide bonds. The fourth-order valence-corrected chi connectivity index (χ4v) is 2.19. The molecule has 0 aliphatic rings. The van der Waals surface area contributed by atoms with Crippen LogP contribution in [0.15, 0.2) is 0 Å². The first-order valence-electron chi connectivity index (χ1n) is 9.99. The molecule has 0 fully saturated rings. The number of hydrogen-bond acceptors (Lipinski definition) is 4. The molecule has 0 unspecified atom stereocenters. The summed E-state index contributed by atoms with van der Waals surface area (Å²) in [5.41, 5.74) is 0. The molecule has 0 saturated carbocycles. The van der Waals surface area contributed by atoms with E-state index in [1.807, 2.05) is 0 Å². The Balaban J connectivity index is -0.000000886. The molecule has 0 rings (SSSR count). The number of rotatable bonds is 12. The predicted molar refractivity (Wildman–Crippen MR) is 81.5 cm³/mol. The van der Waals surface area contributed by atoms with Crippen LogP contribution in [0.25, 0.3) is 0 Å². The molecule has 300 valence electrons. The number of halogens is 30. The number of alkyl halides is 30. The standard InChI is InChI=1S/2C8HF15O2.Zn/c2*9-2(10,1(24)25)3(11,12)4(13,14)5(15,16)6(17,18)7(19,20)8(21,22)23;/h2*(H,24,25);/q;;+2/p-2. The van der Waals surface area contributed by atoms with Crippen LogP contribution in [0.3, 0.4) is 0 Å². The predicted octanol–water partition coefficient (Wildman–Crippen LogP) is 6.22. The van der Waals surface area contributed by atoms with E-state index in [4.69, 9.17) is 0 Å². The Morgan fingerprint density at radius 2 is 0.373 bits per heavy atom. The van der Waals surface area contributed by atoms with Gasteiger partial charge in [0.25, 0.3) is 0 Å². The summed E-state index contributed by atoms with van der Waals surface area (Å²) in [4.78, 5) is 19.2. The maximum absolute atomic E-state index is 12.8. The van der Waals surface area contributed by atoms with Gasteiger partial charge in [0.2, 0.25) is 0 Å². The molecule has 0 bridgehead atoms. The van der Waals surface area contributed by atoms with Gasteiger partial charge >= 0.3 is 103 Å². The van der Waals surface area contributed by atoms with E-state index in [0.29, 0.717) is 0 Å². The molecule has 0 radical (unpaired) electrons. The van der Waals surface area contributed by atoms with E-state index in [1.165, 1.54) is 0 Å². The Bertz CT molecular complexity index is 1160. The van der Waals surface area contributed by atoms with Crippen LogP contribution in [0.2, 0.25) is 0 Å². The average molecular weight is 892 g/mol. The summed E-state index contributed by atoms with van der Waals surface area (Å²) in [5, 5.41) is 19.2. The molecule has 0 aromatic rings. The first-order valence-corrected chi connectivity index (χ1v) is 9.99. The minimum Gasteiger partial charge on any atom is -0.544 e. The van der Waals surface area contributed by atoms with E-state index in [-0.39, 0.29) is 19.5 Å². The summed E-state index contributed by atoms with van der Waals surface area (Å²) in [5.74, 6) is -107. The van der Waals surface area contributed by atoms with E-state index < -0.39 is 95.4 Å². The second kappa shape index (κ2) is 13.4. The minimum absolute atomic E-state index is 0. The topological polar surface area (TPSA) is 80.3 Å². The first kappa shape index (κ1) is 52.8. The van der Waals surface area contributed by atoms with Crippen LogP contribution in [0.5, 0.6) is 0 Å². The molecule has 0 aromatic heterocycles. The van der Waals surface area contributed by atoms with E-state index in [1.54, 1.807) is 0 Å². The fourth-order valence-electron chi connectivity index (χ4n) is 2.19. The van der Waals surface area contributed by atoms with Crippen molar-refractivity contribution in [2.45, 2.75) is 83.4 Å². The van der Waals surface area contributed by atoms with Crippen LogP contribution in [0.1, 0.15) is 0 Å². The van der Waals surface area contributed by atoms with E-state index >= 15 is 0 Å². The smallest absolute Gasteiger partial charge is 0.544 e. The molecule has 0 heterocycles. The number of hydrogen-bond donors (Lipinski definition) is 0. The third-order valence-electron chi connectivity index (χ3n) is 5.17. The molecule has 0 atom stereocenters. The maximum Gasteiger partial charge on any atom is 2.00 e. The Morgan fingerprint density at radius 3 is 0.490 bits per heavy atom. The van der Waals surface area contributed by atoms with Gasteiger partial charge < -0.3 is 19.8 Å². The summed E-state index contributed by atoms with van der Waals surface area (Å²) in [6.45, 7) is 0. The summed E-state index contributed by atoms with van der Waals surface area (Å²) < 4.78 is 372. The molecule has 35 heteroatoms. The van der Waals surface area contributed by atoms with Crippen LogP contribution in [0, 0.1) is 0 Å². The van der Waals surface area contributed by atoms with Gasteiger partial charge in [0.15, 0.2) is 0 Å². The Hall–Kier alpha value is -2.54. The summed E-state index contributed by atoms with van der Waals surface area (Å²) in [6, 6.07) is 0. The summed E-state index contributed by atoms with van der Waals surface area (Å²) in [7, 11) is 0. The van der Waals surface area contributed by atoms with Crippen LogP contribution in [0.4, 0.5) is 132 Å². The van der Waals surface area contributed by atoms with Gasteiger partial charge in [-0.05, 0) is 0 Å². The number of carboxylic acids is 2. The molecular weight excluding hydrogens is 892 g/mol. The van der Waals surface area contributed by atoms with Crippen LogP contribution >= 0.6 is 0 Å². The number of carbonyl (C=O) groups is 2. The van der Waals surface area contributed by atoms with Crippen molar-refractivity contribution in [1.29, 1.82) is 0 Å². The van der Waals surface area contributed by atoms with Gasteiger partial charge in [0.1, 0.15) is 11.9 Å². The first-order chi connectivity index (χ1) is 20.9. The SMILES string of the molecule is O=C([O-])C(F)(F)C(F)(F)C(F)(F)C(F)(F)C(F)(F)C(F)(F)C(F)(F)F.O=C([O-])C(F)(F)C(F)(F)C(F)(F)C(F)(F)C(F)(F)C(F)(F)C(F)(F)F.[Zn+2]. The van der Waals surface area contributed by atoms with Gasteiger partial charge in [-0.1, -0.05) is 0 Å². The number of aliphatic carboxylic acids is 2. The van der Waals surface area contributed by atoms with E-state index in [9.17, 15) is 152 Å². The van der Waals surface area contributed by atoms with Crippen molar-refractivity contribution in [1.82, 2.24) is 0 Å². The molecule has 0 aliphatic carbocycles. The normalized spacial score (nSPS) is 15.8. The number of carboxylic acid groups (broad SMARTS) is 2. The molecule has 0 saturated heterocycles. The van der Waals surface area contributed by atoms with Crippen molar-refractivity contribution in [3.05, 3.63) is 0 Å². The zero-order valence-corrected chi connectivity index (χ0v) is 24.6. The van der Waals surface area contributed by atoms with Crippen LogP contribution in [-0.2, 0) is 29.1 Å². The third kappa shape index (κ3) is 7.11. The third-order valence-corrected chi connectivity index (χ3v) is 5.17. The summed E-state index contributed by atoms with van der Waals surface area (Å²) in [6.07, 6.45) is -15.4. The number of carbonyl (C=O) groups excluding carboxylic acids is 2. The molecule has 0 aliphatic heterocycles. The van der Waals surface area contributed by atoms with Crippen molar-refractivity contribution in [2.75, 3.05) is 0 Å². The zero-order valence-electron chi connectivity index (χ0n) is 21.7. The Kier molecular flexibility index (Phi) is 13.9. The quantitative estimate of drug-likeness (QED) is 0.173. The van der Waals surface area contributed by atoms with Crippen LogP contribution < -0.4 is 10.2 Å². The second-order valence-corrected chi connectivity index (χ2v) is 8.46. The molecule has 4 nitrogen and oxygen atoms in total. The van der Waals surface area contributed by atoms with Gasteiger partial charge in [0.05, 0.1) is 0 Å². The molecule has 0 spiro atoms. The largest absolute Gasteiger partial charge is 2.00 e. The van der Waals surface area contributed by atoms with Crippen molar-refractivity contribution in [3.63, 3.8) is 0 Å². The molecule has 0 N–H and O–H groups in total. The van der Waals surface area contributed by atoms with Gasteiger partial charge in [-0.2, -0.15) is 132 Å². The average Bonchev–Trinajstić information content (AvgIpc) is 2.86. The van der Waals surface area contributed by atoms with Gasteiger partial charge in [-0.15, -0.1) is 0 Å². The molecular formula is C16F30O4Zn. The van der Waals surface area contributed by atoms with E-state index in [0.717, 1.165) is 0 Å². The Labute approximate surface area is 267 Å². The van der Waals surface area contributed by atoms with Crippen LogP contribution in [-0.4, -0.2) is 95.4 Å². The molecule has 51 heavy (non-hydrogen) atoms. The minimum atomic E-state index is -8.50. The fraction of sp³-hybridized carbons (Fsp3) is 0.875. The van der Waals surface area contributed by atoms with Crippen molar-refractivity contribution >= 4 is 11.9 Å². The van der Waals surface area contributed by atoms with Crippen molar-refractivity contribution in [2.24, 2.45) is 0 Å². The zero-order chi connectivity index (χ0) is 42.2. The second-order valence-electron chi connectivity index (χ2n) is 8.46.